The normalized spacial score (nSPS) is 12.1. The Balaban J connectivity index is 1.72. The van der Waals surface area contributed by atoms with Gasteiger partial charge in [-0.15, -0.1) is 0 Å². The van der Waals surface area contributed by atoms with Crippen molar-refractivity contribution in [1.29, 1.82) is 0 Å². The number of halogens is 1. The van der Waals surface area contributed by atoms with E-state index in [1.807, 2.05) is 24.3 Å². The second-order valence-electron chi connectivity index (χ2n) is 6.34. The van der Waals surface area contributed by atoms with E-state index in [4.69, 9.17) is 11.6 Å². The maximum absolute atomic E-state index is 12.6. The molecule has 7 heteroatoms. The van der Waals surface area contributed by atoms with Crippen molar-refractivity contribution in [2.75, 3.05) is 19.6 Å². The van der Waals surface area contributed by atoms with Crippen LogP contribution in [0, 0.1) is 0 Å². The van der Waals surface area contributed by atoms with Gasteiger partial charge in [0.1, 0.15) is 12.1 Å². The van der Waals surface area contributed by atoms with E-state index in [0.717, 1.165) is 18.7 Å². The predicted molar refractivity (Wildman–Crippen MR) is 111 cm³/mol. The molecule has 1 amide bonds. The third kappa shape index (κ3) is 4.58. The average Bonchev–Trinajstić information content (AvgIpc) is 3.26. The highest BCUT2D eigenvalue weighted by Crippen LogP contribution is 2.27. The molecule has 3 aromatic rings. The average molecular weight is 398 g/mol. The molecule has 3 rings (SSSR count). The number of benzene rings is 1. The molecule has 0 aliphatic rings. The molecule has 0 bridgehead atoms. The highest BCUT2D eigenvalue weighted by Gasteiger charge is 2.21. The van der Waals surface area contributed by atoms with Crippen LogP contribution >= 0.6 is 11.6 Å². The first-order valence-corrected chi connectivity index (χ1v) is 9.72. The molecule has 0 spiro atoms. The minimum Gasteiger partial charge on any atom is -0.350 e. The molecule has 2 aromatic heterocycles. The van der Waals surface area contributed by atoms with Gasteiger partial charge in [-0.3, -0.25) is 14.3 Å². The van der Waals surface area contributed by atoms with Crippen molar-refractivity contribution in [3.05, 3.63) is 77.5 Å². The van der Waals surface area contributed by atoms with Gasteiger partial charge in [-0.2, -0.15) is 0 Å². The van der Waals surface area contributed by atoms with E-state index in [1.54, 1.807) is 41.6 Å². The summed E-state index contributed by atoms with van der Waals surface area (Å²) in [5.41, 5.74) is 1.53. The van der Waals surface area contributed by atoms with Crippen LogP contribution < -0.4 is 5.32 Å². The van der Waals surface area contributed by atoms with Gasteiger partial charge in [0, 0.05) is 30.2 Å². The molecule has 0 saturated carbocycles. The lowest BCUT2D eigenvalue weighted by molar-refractivity contribution is 0.0934. The quantitative estimate of drug-likeness (QED) is 0.629. The molecule has 1 aromatic carbocycles. The first-order valence-electron chi connectivity index (χ1n) is 9.35. The number of amides is 1. The lowest BCUT2D eigenvalue weighted by atomic mass is 10.0. The maximum Gasteiger partial charge on any atom is 0.252 e. The molecule has 1 atom stereocenters. The maximum atomic E-state index is 12.6. The molecular formula is C21H24ClN5O. The van der Waals surface area contributed by atoms with E-state index in [9.17, 15) is 4.79 Å². The van der Waals surface area contributed by atoms with Crippen LogP contribution in [-0.2, 0) is 0 Å². The summed E-state index contributed by atoms with van der Waals surface area (Å²) >= 11 is 6.42. The predicted octanol–water partition coefficient (Wildman–Crippen LogP) is 3.73. The van der Waals surface area contributed by atoms with E-state index in [2.05, 4.69) is 34.0 Å². The molecule has 0 radical (unpaired) electrons. The summed E-state index contributed by atoms with van der Waals surface area (Å²) in [4.78, 5) is 23.3. The van der Waals surface area contributed by atoms with Crippen molar-refractivity contribution in [3.8, 4) is 5.82 Å². The van der Waals surface area contributed by atoms with Gasteiger partial charge in [0.2, 0.25) is 0 Å². The molecule has 2 heterocycles. The zero-order valence-electron chi connectivity index (χ0n) is 16.0. The van der Waals surface area contributed by atoms with Crippen LogP contribution in [0.2, 0.25) is 5.02 Å². The van der Waals surface area contributed by atoms with Crippen molar-refractivity contribution >= 4 is 17.5 Å². The Bertz CT molecular complexity index is 891. The standard InChI is InChI=1S/C21H24ClN5O/c1-3-26(4-2)19(17-7-5-6-8-18(17)22)14-25-21(28)16-9-10-20(24-13-16)27-12-11-23-15-27/h5-13,15,19H,3-4,14H2,1-2H3,(H,25,28). The molecule has 0 aliphatic carbocycles. The molecule has 28 heavy (non-hydrogen) atoms. The summed E-state index contributed by atoms with van der Waals surface area (Å²) in [5, 5.41) is 3.74. The van der Waals surface area contributed by atoms with E-state index < -0.39 is 0 Å². The van der Waals surface area contributed by atoms with Crippen LogP contribution in [0.25, 0.3) is 5.82 Å². The van der Waals surface area contributed by atoms with E-state index in [1.165, 1.54) is 0 Å². The fourth-order valence-electron chi connectivity index (χ4n) is 3.20. The van der Waals surface area contributed by atoms with Crippen LogP contribution in [-0.4, -0.2) is 45.0 Å². The molecule has 0 saturated heterocycles. The summed E-state index contributed by atoms with van der Waals surface area (Å²) in [5.74, 6) is 0.556. The van der Waals surface area contributed by atoms with Gasteiger partial charge < -0.3 is 5.32 Å². The summed E-state index contributed by atoms with van der Waals surface area (Å²) < 4.78 is 1.79. The number of carbonyl (C=O) groups is 1. The van der Waals surface area contributed by atoms with Gasteiger partial charge >= 0.3 is 0 Å². The molecule has 146 valence electrons. The number of nitrogens with zero attached hydrogens (tertiary/aromatic N) is 4. The van der Waals surface area contributed by atoms with Crippen molar-refractivity contribution in [2.24, 2.45) is 0 Å². The van der Waals surface area contributed by atoms with Crippen LogP contribution in [0.3, 0.4) is 0 Å². The minimum atomic E-state index is -0.158. The van der Waals surface area contributed by atoms with Crippen LogP contribution in [0.15, 0.2) is 61.3 Å². The Kier molecular flexibility index (Phi) is 6.79. The third-order valence-electron chi connectivity index (χ3n) is 4.75. The largest absolute Gasteiger partial charge is 0.350 e. The number of carbonyl (C=O) groups excluding carboxylic acids is 1. The van der Waals surface area contributed by atoms with Gasteiger partial charge in [0.05, 0.1) is 11.6 Å². The topological polar surface area (TPSA) is 63.1 Å². The van der Waals surface area contributed by atoms with Gasteiger partial charge in [0.25, 0.3) is 5.91 Å². The van der Waals surface area contributed by atoms with E-state index in [-0.39, 0.29) is 11.9 Å². The molecule has 1 N–H and O–H groups in total. The van der Waals surface area contributed by atoms with Crippen molar-refractivity contribution in [3.63, 3.8) is 0 Å². The van der Waals surface area contributed by atoms with Crippen LogP contribution in [0.4, 0.5) is 0 Å². The lowest BCUT2D eigenvalue weighted by Gasteiger charge is -2.30. The Labute approximate surface area is 170 Å². The summed E-state index contributed by atoms with van der Waals surface area (Å²) in [6, 6.07) is 11.3. The number of pyridine rings is 1. The SMILES string of the molecule is CCN(CC)C(CNC(=O)c1ccc(-n2ccnc2)nc1)c1ccccc1Cl. The Hall–Kier alpha value is -2.70. The van der Waals surface area contributed by atoms with Gasteiger partial charge in [0.15, 0.2) is 0 Å². The van der Waals surface area contributed by atoms with Crippen molar-refractivity contribution in [1.82, 2.24) is 24.8 Å². The number of imidazole rings is 1. The first kappa shape index (κ1) is 20.0. The van der Waals surface area contributed by atoms with E-state index in [0.29, 0.717) is 22.9 Å². The smallest absolute Gasteiger partial charge is 0.252 e. The highest BCUT2D eigenvalue weighted by atomic mass is 35.5. The second kappa shape index (κ2) is 9.48. The fraction of sp³-hybridized carbons (Fsp3) is 0.286. The minimum absolute atomic E-state index is 0.00540. The third-order valence-corrected chi connectivity index (χ3v) is 5.10. The molecule has 0 fully saturated rings. The van der Waals surface area contributed by atoms with Crippen LogP contribution in [0.5, 0.6) is 0 Å². The molecule has 0 aliphatic heterocycles. The lowest BCUT2D eigenvalue weighted by Crippen LogP contribution is -2.38. The number of rotatable bonds is 8. The summed E-state index contributed by atoms with van der Waals surface area (Å²) in [6.07, 6.45) is 6.73. The number of hydrogen-bond acceptors (Lipinski definition) is 4. The molecular weight excluding hydrogens is 374 g/mol. The second-order valence-corrected chi connectivity index (χ2v) is 6.75. The molecule has 1 unspecified atom stereocenters. The number of hydrogen-bond donors (Lipinski definition) is 1. The summed E-state index contributed by atoms with van der Waals surface area (Å²) in [6.45, 7) is 6.40. The highest BCUT2D eigenvalue weighted by molar-refractivity contribution is 6.31. The number of aromatic nitrogens is 3. The van der Waals surface area contributed by atoms with Crippen molar-refractivity contribution < 1.29 is 4.79 Å². The monoisotopic (exact) mass is 397 g/mol. The van der Waals surface area contributed by atoms with Gasteiger partial charge in [-0.05, 0) is 36.9 Å². The number of nitrogens with one attached hydrogen (secondary N) is 1. The Morgan fingerprint density at radius 2 is 2.00 bits per heavy atom. The van der Waals surface area contributed by atoms with Crippen LogP contribution in [0.1, 0.15) is 35.8 Å². The Morgan fingerprint density at radius 1 is 1.21 bits per heavy atom. The van der Waals surface area contributed by atoms with Crippen molar-refractivity contribution in [2.45, 2.75) is 19.9 Å². The molecule has 6 nitrogen and oxygen atoms in total. The van der Waals surface area contributed by atoms with Gasteiger partial charge in [-0.1, -0.05) is 43.6 Å². The van der Waals surface area contributed by atoms with Gasteiger partial charge in [-0.25, -0.2) is 9.97 Å². The number of likely N-dealkylation sites (N-methyl/N-ethyl adjacent to an activating group) is 1. The first-order chi connectivity index (χ1) is 13.6. The summed E-state index contributed by atoms with van der Waals surface area (Å²) in [7, 11) is 0. The Morgan fingerprint density at radius 3 is 2.61 bits per heavy atom. The zero-order chi connectivity index (χ0) is 19.9. The van der Waals surface area contributed by atoms with E-state index >= 15 is 0 Å². The fourth-order valence-corrected chi connectivity index (χ4v) is 3.47. The zero-order valence-corrected chi connectivity index (χ0v) is 16.8.